The summed E-state index contributed by atoms with van der Waals surface area (Å²) in [7, 11) is 0. The van der Waals surface area contributed by atoms with Gasteiger partial charge < -0.3 is 10.0 Å². The van der Waals surface area contributed by atoms with Crippen LogP contribution in [0.25, 0.3) is 0 Å². The summed E-state index contributed by atoms with van der Waals surface area (Å²) in [6, 6.07) is 2.47. The number of aliphatic hydroxyl groups is 1. The van der Waals surface area contributed by atoms with Gasteiger partial charge in [-0.05, 0) is 33.1 Å². The smallest absolute Gasteiger partial charge is 0.133 e. The van der Waals surface area contributed by atoms with Crippen molar-refractivity contribution >= 4 is 5.82 Å². The molecular weight excluding hydrogens is 238 g/mol. The van der Waals surface area contributed by atoms with Crippen molar-refractivity contribution in [3.8, 4) is 0 Å². The number of aromatic nitrogens is 2. The second-order valence-electron chi connectivity index (χ2n) is 5.95. The Kier molecular flexibility index (Phi) is 4.40. The molecule has 0 unspecified atom stereocenters. The van der Waals surface area contributed by atoms with Gasteiger partial charge >= 0.3 is 0 Å². The SMILES string of the molecule is Cc1cc(N2CCC[C@@H]2C[C@H](C)O)nc(C(C)C)n1. The highest BCUT2D eigenvalue weighted by molar-refractivity contribution is 5.42. The van der Waals surface area contributed by atoms with Gasteiger partial charge in [0.25, 0.3) is 0 Å². The quantitative estimate of drug-likeness (QED) is 0.907. The Hall–Kier alpha value is -1.16. The zero-order chi connectivity index (χ0) is 14.0. The van der Waals surface area contributed by atoms with Crippen molar-refractivity contribution in [1.82, 2.24) is 9.97 Å². The van der Waals surface area contributed by atoms with Crippen LogP contribution in [0.5, 0.6) is 0 Å². The summed E-state index contributed by atoms with van der Waals surface area (Å²) in [5, 5.41) is 9.62. The molecule has 0 saturated carbocycles. The van der Waals surface area contributed by atoms with E-state index in [2.05, 4.69) is 29.8 Å². The minimum atomic E-state index is -0.252. The average molecular weight is 263 g/mol. The Morgan fingerprint density at radius 2 is 2.11 bits per heavy atom. The summed E-state index contributed by atoms with van der Waals surface area (Å²) >= 11 is 0. The first-order valence-electron chi connectivity index (χ1n) is 7.27. The zero-order valence-electron chi connectivity index (χ0n) is 12.4. The molecule has 106 valence electrons. The highest BCUT2D eigenvalue weighted by Gasteiger charge is 2.27. The summed E-state index contributed by atoms with van der Waals surface area (Å²) in [6.45, 7) is 9.16. The van der Waals surface area contributed by atoms with Crippen LogP contribution in [-0.2, 0) is 0 Å². The minimum absolute atomic E-state index is 0.252. The van der Waals surface area contributed by atoms with Crippen LogP contribution in [0.1, 0.15) is 57.5 Å². The Balaban J connectivity index is 2.25. The molecule has 0 aliphatic carbocycles. The molecule has 4 heteroatoms. The summed E-state index contributed by atoms with van der Waals surface area (Å²) in [5.41, 5.74) is 1.02. The molecule has 1 aliphatic rings. The number of anilines is 1. The maximum Gasteiger partial charge on any atom is 0.133 e. The number of aliphatic hydroxyl groups excluding tert-OH is 1. The maximum absolute atomic E-state index is 9.62. The first-order chi connectivity index (χ1) is 8.97. The Bertz CT molecular complexity index is 431. The van der Waals surface area contributed by atoms with Crippen LogP contribution in [0.4, 0.5) is 5.82 Å². The molecule has 2 heterocycles. The molecule has 0 radical (unpaired) electrons. The topological polar surface area (TPSA) is 49.2 Å². The monoisotopic (exact) mass is 263 g/mol. The lowest BCUT2D eigenvalue weighted by Crippen LogP contribution is -2.32. The fourth-order valence-electron chi connectivity index (χ4n) is 2.76. The number of rotatable bonds is 4. The van der Waals surface area contributed by atoms with Crippen molar-refractivity contribution in [2.75, 3.05) is 11.4 Å². The first kappa shape index (κ1) is 14.3. The first-order valence-corrected chi connectivity index (χ1v) is 7.27. The molecule has 1 saturated heterocycles. The molecule has 0 amide bonds. The maximum atomic E-state index is 9.62. The van der Waals surface area contributed by atoms with Crippen molar-refractivity contribution in [2.24, 2.45) is 0 Å². The predicted octanol–water partition coefficient (Wildman–Crippen LogP) is 2.65. The molecular formula is C15H25N3O. The third-order valence-electron chi connectivity index (χ3n) is 3.66. The molecule has 4 nitrogen and oxygen atoms in total. The van der Waals surface area contributed by atoms with E-state index >= 15 is 0 Å². The van der Waals surface area contributed by atoms with Crippen LogP contribution in [0.15, 0.2) is 6.07 Å². The predicted molar refractivity (Wildman–Crippen MR) is 77.5 cm³/mol. The van der Waals surface area contributed by atoms with Gasteiger partial charge in [-0.25, -0.2) is 9.97 Å². The highest BCUT2D eigenvalue weighted by atomic mass is 16.3. The average Bonchev–Trinajstić information content (AvgIpc) is 2.75. The van der Waals surface area contributed by atoms with Gasteiger partial charge in [0.2, 0.25) is 0 Å². The van der Waals surface area contributed by atoms with Gasteiger partial charge in [0.15, 0.2) is 0 Å². The van der Waals surface area contributed by atoms with Gasteiger partial charge in [-0.1, -0.05) is 13.8 Å². The Morgan fingerprint density at radius 1 is 1.37 bits per heavy atom. The van der Waals surface area contributed by atoms with Crippen LogP contribution >= 0.6 is 0 Å². The van der Waals surface area contributed by atoms with E-state index in [1.165, 1.54) is 6.42 Å². The van der Waals surface area contributed by atoms with E-state index in [0.29, 0.717) is 12.0 Å². The zero-order valence-corrected chi connectivity index (χ0v) is 12.4. The summed E-state index contributed by atoms with van der Waals surface area (Å²) < 4.78 is 0. The summed E-state index contributed by atoms with van der Waals surface area (Å²) in [6.07, 6.45) is 2.89. The Labute approximate surface area is 115 Å². The van der Waals surface area contributed by atoms with Crippen LogP contribution in [0.3, 0.4) is 0 Å². The fourth-order valence-corrected chi connectivity index (χ4v) is 2.76. The van der Waals surface area contributed by atoms with Crippen molar-refractivity contribution in [3.63, 3.8) is 0 Å². The fraction of sp³-hybridized carbons (Fsp3) is 0.733. The lowest BCUT2D eigenvalue weighted by molar-refractivity contribution is 0.175. The molecule has 1 N–H and O–H groups in total. The van der Waals surface area contributed by atoms with E-state index in [9.17, 15) is 5.11 Å². The number of hydrogen-bond acceptors (Lipinski definition) is 4. The van der Waals surface area contributed by atoms with E-state index in [4.69, 9.17) is 4.98 Å². The van der Waals surface area contributed by atoms with Crippen LogP contribution < -0.4 is 4.90 Å². The minimum Gasteiger partial charge on any atom is -0.393 e. The van der Waals surface area contributed by atoms with Gasteiger partial charge in [0.1, 0.15) is 11.6 Å². The molecule has 0 spiro atoms. The number of hydrogen-bond donors (Lipinski definition) is 1. The van der Waals surface area contributed by atoms with Crippen LogP contribution in [0.2, 0.25) is 0 Å². The van der Waals surface area contributed by atoms with E-state index in [-0.39, 0.29) is 6.10 Å². The molecule has 0 bridgehead atoms. The highest BCUT2D eigenvalue weighted by Crippen LogP contribution is 2.28. The van der Waals surface area contributed by atoms with Gasteiger partial charge in [-0.15, -0.1) is 0 Å². The normalized spacial score (nSPS) is 21.2. The second-order valence-corrected chi connectivity index (χ2v) is 5.95. The molecule has 2 rings (SSSR count). The van der Waals surface area contributed by atoms with E-state index in [0.717, 1.165) is 36.7 Å². The van der Waals surface area contributed by atoms with Gasteiger partial charge in [0.05, 0.1) is 6.10 Å². The van der Waals surface area contributed by atoms with E-state index in [1.54, 1.807) is 0 Å². The van der Waals surface area contributed by atoms with Crippen molar-refractivity contribution in [2.45, 2.75) is 65.0 Å². The van der Waals surface area contributed by atoms with Gasteiger partial charge in [-0.2, -0.15) is 0 Å². The molecule has 1 fully saturated rings. The summed E-state index contributed by atoms with van der Waals surface area (Å²) in [5.74, 6) is 2.29. The lowest BCUT2D eigenvalue weighted by atomic mass is 10.1. The van der Waals surface area contributed by atoms with Crippen molar-refractivity contribution < 1.29 is 5.11 Å². The van der Waals surface area contributed by atoms with Gasteiger partial charge in [-0.3, -0.25) is 0 Å². The molecule has 19 heavy (non-hydrogen) atoms. The van der Waals surface area contributed by atoms with Crippen LogP contribution in [-0.4, -0.2) is 33.8 Å². The summed E-state index contributed by atoms with van der Waals surface area (Å²) in [4.78, 5) is 11.5. The molecule has 1 aromatic heterocycles. The molecule has 1 aliphatic heterocycles. The Morgan fingerprint density at radius 3 is 2.74 bits per heavy atom. The number of nitrogens with zero attached hydrogens (tertiary/aromatic N) is 3. The lowest BCUT2D eigenvalue weighted by Gasteiger charge is -2.27. The molecule has 2 atom stereocenters. The third-order valence-corrected chi connectivity index (χ3v) is 3.66. The largest absolute Gasteiger partial charge is 0.393 e. The van der Waals surface area contributed by atoms with E-state index < -0.39 is 0 Å². The third kappa shape index (κ3) is 3.44. The molecule has 1 aromatic rings. The number of aryl methyl sites for hydroxylation is 1. The second kappa shape index (κ2) is 5.87. The molecule has 0 aromatic carbocycles. The van der Waals surface area contributed by atoms with Gasteiger partial charge in [0, 0.05) is 30.3 Å². The van der Waals surface area contributed by atoms with Crippen molar-refractivity contribution in [3.05, 3.63) is 17.6 Å². The standard InChI is InChI=1S/C15H25N3O/c1-10(2)15-16-11(3)8-14(17-15)18-7-5-6-13(18)9-12(4)19/h8,10,12-13,19H,5-7,9H2,1-4H3/t12-,13+/m0/s1. The van der Waals surface area contributed by atoms with E-state index in [1.807, 2.05) is 13.8 Å². The van der Waals surface area contributed by atoms with Crippen LogP contribution in [0, 0.1) is 6.92 Å². The van der Waals surface area contributed by atoms with Crippen molar-refractivity contribution in [1.29, 1.82) is 0 Å².